The SMILES string of the molecule is CC1(C)CC(C2CCNCC2)C(=O)N1.Cl. The highest BCUT2D eigenvalue weighted by molar-refractivity contribution is 5.85. The van der Waals surface area contributed by atoms with Crippen LogP contribution in [-0.2, 0) is 4.79 Å². The first-order valence-corrected chi connectivity index (χ1v) is 5.61. The van der Waals surface area contributed by atoms with E-state index in [1.54, 1.807) is 0 Å². The molecule has 1 amide bonds. The van der Waals surface area contributed by atoms with E-state index in [-0.39, 0.29) is 29.8 Å². The summed E-state index contributed by atoms with van der Waals surface area (Å²) in [7, 11) is 0. The van der Waals surface area contributed by atoms with Crippen LogP contribution in [-0.4, -0.2) is 24.5 Å². The third kappa shape index (κ3) is 2.85. The molecule has 0 aromatic rings. The summed E-state index contributed by atoms with van der Waals surface area (Å²) in [5, 5.41) is 6.42. The van der Waals surface area contributed by atoms with Gasteiger partial charge in [-0.15, -0.1) is 12.4 Å². The molecule has 3 nitrogen and oxygen atoms in total. The molecule has 2 aliphatic rings. The van der Waals surface area contributed by atoms with E-state index in [9.17, 15) is 4.79 Å². The van der Waals surface area contributed by atoms with Gasteiger partial charge in [-0.3, -0.25) is 4.79 Å². The molecular weight excluding hydrogens is 212 g/mol. The van der Waals surface area contributed by atoms with Gasteiger partial charge >= 0.3 is 0 Å². The summed E-state index contributed by atoms with van der Waals surface area (Å²) in [6, 6.07) is 0. The third-order valence-corrected chi connectivity index (χ3v) is 3.48. The molecule has 88 valence electrons. The molecule has 0 aliphatic carbocycles. The number of carbonyl (C=O) groups is 1. The van der Waals surface area contributed by atoms with Crippen LogP contribution in [0.5, 0.6) is 0 Å². The lowest BCUT2D eigenvalue weighted by molar-refractivity contribution is -0.124. The number of nitrogens with one attached hydrogen (secondary N) is 2. The third-order valence-electron chi connectivity index (χ3n) is 3.48. The standard InChI is InChI=1S/C11H20N2O.ClH/c1-11(2)7-9(10(14)13-11)8-3-5-12-6-4-8;/h8-9,12H,3-7H2,1-2H3,(H,13,14);1H. The molecule has 2 N–H and O–H groups in total. The van der Waals surface area contributed by atoms with Crippen LogP contribution in [0.4, 0.5) is 0 Å². The number of hydrogen-bond donors (Lipinski definition) is 2. The second-order valence-electron chi connectivity index (χ2n) is 5.27. The van der Waals surface area contributed by atoms with E-state index >= 15 is 0 Å². The predicted molar refractivity (Wildman–Crippen MR) is 63.2 cm³/mol. The van der Waals surface area contributed by atoms with Gasteiger partial charge in [0.15, 0.2) is 0 Å². The van der Waals surface area contributed by atoms with E-state index < -0.39 is 0 Å². The number of carbonyl (C=O) groups excluding carboxylic acids is 1. The van der Waals surface area contributed by atoms with E-state index in [0.717, 1.165) is 32.4 Å². The van der Waals surface area contributed by atoms with Crippen molar-refractivity contribution in [2.24, 2.45) is 11.8 Å². The molecule has 2 saturated heterocycles. The predicted octanol–water partition coefficient (Wildman–Crippen LogP) is 1.32. The lowest BCUT2D eigenvalue weighted by Gasteiger charge is -2.26. The van der Waals surface area contributed by atoms with Crippen molar-refractivity contribution in [1.29, 1.82) is 0 Å². The molecule has 2 rings (SSSR count). The first-order valence-electron chi connectivity index (χ1n) is 5.61. The second-order valence-corrected chi connectivity index (χ2v) is 5.27. The topological polar surface area (TPSA) is 41.1 Å². The maximum atomic E-state index is 11.8. The molecule has 0 spiro atoms. The largest absolute Gasteiger partial charge is 0.351 e. The van der Waals surface area contributed by atoms with Crippen molar-refractivity contribution >= 4 is 18.3 Å². The van der Waals surface area contributed by atoms with Crippen molar-refractivity contribution in [2.45, 2.75) is 38.6 Å². The number of rotatable bonds is 1. The van der Waals surface area contributed by atoms with Gasteiger partial charge in [0.05, 0.1) is 0 Å². The summed E-state index contributed by atoms with van der Waals surface area (Å²) < 4.78 is 0. The lowest BCUT2D eigenvalue weighted by Crippen LogP contribution is -2.36. The minimum atomic E-state index is 0. The second kappa shape index (κ2) is 4.71. The van der Waals surface area contributed by atoms with Crippen molar-refractivity contribution in [1.82, 2.24) is 10.6 Å². The van der Waals surface area contributed by atoms with Crippen molar-refractivity contribution in [3.63, 3.8) is 0 Å². The molecule has 4 heteroatoms. The molecule has 2 fully saturated rings. The molecule has 15 heavy (non-hydrogen) atoms. The van der Waals surface area contributed by atoms with Crippen molar-refractivity contribution in [3.05, 3.63) is 0 Å². The highest BCUT2D eigenvalue weighted by atomic mass is 35.5. The first-order chi connectivity index (χ1) is 6.58. The normalized spacial score (nSPS) is 30.8. The zero-order valence-electron chi connectivity index (χ0n) is 9.51. The summed E-state index contributed by atoms with van der Waals surface area (Å²) in [4.78, 5) is 11.8. The fourth-order valence-electron chi connectivity index (χ4n) is 2.75. The molecule has 2 aliphatic heterocycles. The number of piperidine rings is 1. The van der Waals surface area contributed by atoms with Gasteiger partial charge in [0, 0.05) is 11.5 Å². The lowest BCUT2D eigenvalue weighted by atomic mass is 9.81. The maximum absolute atomic E-state index is 11.8. The minimum absolute atomic E-state index is 0. The van der Waals surface area contributed by atoms with E-state index in [1.807, 2.05) is 0 Å². The van der Waals surface area contributed by atoms with Crippen LogP contribution < -0.4 is 10.6 Å². The van der Waals surface area contributed by atoms with Crippen LogP contribution in [0.1, 0.15) is 33.1 Å². The Bertz CT molecular complexity index is 237. The van der Waals surface area contributed by atoms with E-state index in [2.05, 4.69) is 24.5 Å². The Morgan fingerprint density at radius 3 is 2.33 bits per heavy atom. The number of halogens is 1. The van der Waals surface area contributed by atoms with Gasteiger partial charge in [0.1, 0.15) is 0 Å². The molecular formula is C11H21ClN2O. The molecule has 0 aromatic heterocycles. The zero-order valence-corrected chi connectivity index (χ0v) is 10.3. The molecule has 1 unspecified atom stereocenters. The Kier molecular flexibility index (Phi) is 4.01. The Morgan fingerprint density at radius 1 is 1.27 bits per heavy atom. The van der Waals surface area contributed by atoms with Crippen LogP contribution in [0.25, 0.3) is 0 Å². The molecule has 0 saturated carbocycles. The number of amides is 1. The molecule has 1 atom stereocenters. The van der Waals surface area contributed by atoms with Crippen LogP contribution >= 0.6 is 12.4 Å². The summed E-state index contributed by atoms with van der Waals surface area (Å²) in [6.07, 6.45) is 3.33. The van der Waals surface area contributed by atoms with E-state index in [1.165, 1.54) is 0 Å². The van der Waals surface area contributed by atoms with Crippen LogP contribution in [0, 0.1) is 11.8 Å². The summed E-state index contributed by atoms with van der Waals surface area (Å²) in [6.45, 7) is 6.39. The minimum Gasteiger partial charge on any atom is -0.351 e. The molecule has 2 heterocycles. The average molecular weight is 233 g/mol. The zero-order chi connectivity index (χ0) is 10.2. The van der Waals surface area contributed by atoms with Crippen molar-refractivity contribution < 1.29 is 4.79 Å². The Labute approximate surface area is 97.8 Å². The fourth-order valence-corrected chi connectivity index (χ4v) is 2.75. The number of hydrogen-bond acceptors (Lipinski definition) is 2. The van der Waals surface area contributed by atoms with Gasteiger partial charge in [-0.1, -0.05) is 0 Å². The monoisotopic (exact) mass is 232 g/mol. The summed E-state index contributed by atoms with van der Waals surface area (Å²) in [5.74, 6) is 1.16. The van der Waals surface area contributed by atoms with E-state index in [4.69, 9.17) is 0 Å². The highest BCUT2D eigenvalue weighted by Crippen LogP contribution is 2.34. The highest BCUT2D eigenvalue weighted by Gasteiger charge is 2.41. The van der Waals surface area contributed by atoms with Gasteiger partial charge in [-0.2, -0.15) is 0 Å². The quantitative estimate of drug-likeness (QED) is 0.716. The van der Waals surface area contributed by atoms with Crippen molar-refractivity contribution in [3.8, 4) is 0 Å². The van der Waals surface area contributed by atoms with Gasteiger partial charge in [0.25, 0.3) is 0 Å². The fraction of sp³-hybridized carbons (Fsp3) is 0.909. The first kappa shape index (κ1) is 12.8. The molecule has 0 bridgehead atoms. The van der Waals surface area contributed by atoms with Gasteiger partial charge in [0.2, 0.25) is 5.91 Å². The smallest absolute Gasteiger partial charge is 0.223 e. The van der Waals surface area contributed by atoms with Crippen LogP contribution in [0.15, 0.2) is 0 Å². The Balaban J connectivity index is 0.00000112. The molecule has 0 radical (unpaired) electrons. The molecule has 0 aromatic carbocycles. The summed E-state index contributed by atoms with van der Waals surface area (Å²) >= 11 is 0. The van der Waals surface area contributed by atoms with Gasteiger partial charge < -0.3 is 10.6 Å². The van der Waals surface area contributed by atoms with Gasteiger partial charge in [-0.25, -0.2) is 0 Å². The maximum Gasteiger partial charge on any atom is 0.223 e. The Morgan fingerprint density at radius 2 is 1.87 bits per heavy atom. The van der Waals surface area contributed by atoms with Gasteiger partial charge in [-0.05, 0) is 52.1 Å². The van der Waals surface area contributed by atoms with Crippen LogP contribution in [0.3, 0.4) is 0 Å². The van der Waals surface area contributed by atoms with Crippen LogP contribution in [0.2, 0.25) is 0 Å². The Hall–Kier alpha value is -0.280. The van der Waals surface area contributed by atoms with Crippen molar-refractivity contribution in [2.75, 3.05) is 13.1 Å². The van der Waals surface area contributed by atoms with E-state index in [0.29, 0.717) is 5.92 Å². The average Bonchev–Trinajstić information content (AvgIpc) is 2.41. The summed E-state index contributed by atoms with van der Waals surface area (Å²) in [5.41, 5.74) is 0.0205.